The minimum absolute atomic E-state index is 0.103. The molecule has 0 atom stereocenters. The second kappa shape index (κ2) is 8.37. The summed E-state index contributed by atoms with van der Waals surface area (Å²) in [5, 5.41) is 3.23. The Morgan fingerprint density at radius 3 is 2.78 bits per heavy atom. The summed E-state index contributed by atoms with van der Waals surface area (Å²) in [5.74, 6) is 0.0701. The molecule has 7 nitrogen and oxygen atoms in total. The highest BCUT2D eigenvalue weighted by Crippen LogP contribution is 2.14. The van der Waals surface area contributed by atoms with Gasteiger partial charge in [-0.15, -0.1) is 0 Å². The number of anilines is 1. The number of aromatic nitrogens is 2. The molecule has 0 saturated heterocycles. The Bertz CT molecular complexity index is 1000. The number of pyridine rings is 2. The second-order valence-corrected chi connectivity index (χ2v) is 5.97. The summed E-state index contributed by atoms with van der Waals surface area (Å²) in [6, 6.07) is 11.6. The van der Waals surface area contributed by atoms with Crippen LogP contribution in [0.25, 0.3) is 0 Å². The maximum Gasteiger partial charge on any atom is 0.272 e. The molecule has 8 heteroatoms. The molecule has 0 aliphatic rings. The molecular weight excluding hydrogens is 370 g/mol. The standard InChI is InChI=1S/C19H16ClN3O4/c1-26-18-6-5-14(9-22-18)23-19(25)15-8-16(24)17(10-21-15)27-11-12-3-2-4-13(20)7-12/h2-10H,11H2,1H3,(H,21,24)(H,23,25). The molecule has 0 fully saturated rings. The Kier molecular flexibility index (Phi) is 5.73. The smallest absolute Gasteiger partial charge is 0.272 e. The van der Waals surface area contributed by atoms with Gasteiger partial charge in [-0.3, -0.25) is 9.59 Å². The number of amides is 1. The van der Waals surface area contributed by atoms with Crippen molar-refractivity contribution < 1.29 is 14.3 Å². The zero-order valence-corrected chi connectivity index (χ0v) is 15.1. The highest BCUT2D eigenvalue weighted by atomic mass is 35.5. The Balaban J connectivity index is 1.66. The van der Waals surface area contributed by atoms with Gasteiger partial charge in [0.2, 0.25) is 11.3 Å². The lowest BCUT2D eigenvalue weighted by Gasteiger charge is -2.08. The normalized spacial score (nSPS) is 10.3. The van der Waals surface area contributed by atoms with Crippen molar-refractivity contribution in [1.29, 1.82) is 0 Å². The van der Waals surface area contributed by atoms with Crippen LogP contribution in [0.2, 0.25) is 5.02 Å². The molecule has 27 heavy (non-hydrogen) atoms. The Hall–Kier alpha value is -3.32. The molecule has 0 aliphatic heterocycles. The van der Waals surface area contributed by atoms with E-state index >= 15 is 0 Å². The third-order valence-corrected chi connectivity index (χ3v) is 3.84. The predicted molar refractivity (Wildman–Crippen MR) is 102 cm³/mol. The molecule has 138 valence electrons. The van der Waals surface area contributed by atoms with Gasteiger partial charge in [0, 0.05) is 23.4 Å². The van der Waals surface area contributed by atoms with Gasteiger partial charge in [-0.2, -0.15) is 0 Å². The number of rotatable bonds is 6. The number of benzene rings is 1. The molecule has 0 saturated carbocycles. The highest BCUT2D eigenvalue weighted by molar-refractivity contribution is 6.30. The van der Waals surface area contributed by atoms with Crippen LogP contribution in [0.15, 0.2) is 59.7 Å². The number of carbonyl (C=O) groups excluding carboxylic acids is 1. The molecule has 3 rings (SSSR count). The fourth-order valence-corrected chi connectivity index (χ4v) is 2.48. The van der Waals surface area contributed by atoms with Crippen molar-refractivity contribution in [3.8, 4) is 11.6 Å². The summed E-state index contributed by atoms with van der Waals surface area (Å²) in [6.07, 6.45) is 2.81. The first-order chi connectivity index (χ1) is 13.0. The number of hydrogen-bond donors (Lipinski definition) is 2. The zero-order valence-electron chi connectivity index (χ0n) is 14.4. The first kappa shape index (κ1) is 18.5. The number of ether oxygens (including phenoxy) is 2. The van der Waals surface area contributed by atoms with Crippen LogP contribution >= 0.6 is 11.6 Å². The number of H-pyrrole nitrogens is 1. The van der Waals surface area contributed by atoms with Gasteiger partial charge in [-0.05, 0) is 23.8 Å². The molecule has 3 aromatic rings. The Morgan fingerprint density at radius 1 is 1.26 bits per heavy atom. The van der Waals surface area contributed by atoms with Gasteiger partial charge in [0.25, 0.3) is 5.91 Å². The van der Waals surface area contributed by atoms with Crippen LogP contribution < -0.4 is 20.2 Å². The van der Waals surface area contributed by atoms with Crippen molar-refractivity contribution in [2.24, 2.45) is 0 Å². The van der Waals surface area contributed by atoms with Crippen LogP contribution in [-0.2, 0) is 6.61 Å². The number of hydrogen-bond acceptors (Lipinski definition) is 5. The third-order valence-electron chi connectivity index (χ3n) is 3.61. The molecule has 2 heterocycles. The maximum absolute atomic E-state index is 12.3. The van der Waals surface area contributed by atoms with Crippen LogP contribution in [0.4, 0.5) is 5.69 Å². The SMILES string of the molecule is COc1ccc(NC(=O)c2cc(=O)c(OCc3cccc(Cl)c3)c[nH]2)cn1. The topological polar surface area (TPSA) is 93.3 Å². The number of aromatic amines is 1. The lowest BCUT2D eigenvalue weighted by atomic mass is 10.2. The molecular formula is C19H16ClN3O4. The van der Waals surface area contributed by atoms with E-state index in [2.05, 4.69) is 15.3 Å². The molecule has 0 unspecified atom stereocenters. The molecule has 0 aliphatic carbocycles. The average molecular weight is 386 g/mol. The first-order valence-electron chi connectivity index (χ1n) is 7.96. The van der Waals surface area contributed by atoms with Crippen LogP contribution in [0.3, 0.4) is 0 Å². The minimum atomic E-state index is -0.472. The average Bonchev–Trinajstić information content (AvgIpc) is 2.67. The van der Waals surface area contributed by atoms with Gasteiger partial charge in [0.15, 0.2) is 5.75 Å². The zero-order chi connectivity index (χ0) is 19.2. The molecule has 0 spiro atoms. The Labute approximate surface area is 159 Å². The lowest BCUT2D eigenvalue weighted by molar-refractivity contribution is 0.102. The summed E-state index contributed by atoms with van der Waals surface area (Å²) in [7, 11) is 1.50. The quantitative estimate of drug-likeness (QED) is 0.679. The molecule has 0 bridgehead atoms. The second-order valence-electron chi connectivity index (χ2n) is 5.54. The minimum Gasteiger partial charge on any atom is -0.483 e. The summed E-state index contributed by atoms with van der Waals surface area (Å²) in [5.41, 5.74) is 0.998. The van der Waals surface area contributed by atoms with Crippen molar-refractivity contribution >= 4 is 23.2 Å². The van der Waals surface area contributed by atoms with E-state index < -0.39 is 11.3 Å². The summed E-state index contributed by atoms with van der Waals surface area (Å²) in [6.45, 7) is 0.187. The van der Waals surface area contributed by atoms with E-state index in [1.54, 1.807) is 30.3 Å². The van der Waals surface area contributed by atoms with E-state index in [0.717, 1.165) is 5.56 Å². The van der Waals surface area contributed by atoms with Crippen molar-refractivity contribution in [2.45, 2.75) is 6.61 Å². The fourth-order valence-electron chi connectivity index (χ4n) is 2.26. The van der Waals surface area contributed by atoms with E-state index in [1.807, 2.05) is 6.07 Å². The fraction of sp³-hybridized carbons (Fsp3) is 0.105. The van der Waals surface area contributed by atoms with E-state index in [4.69, 9.17) is 21.1 Å². The number of halogens is 1. The number of nitrogens with zero attached hydrogens (tertiary/aromatic N) is 1. The van der Waals surface area contributed by atoms with Gasteiger partial charge in [0.1, 0.15) is 12.3 Å². The van der Waals surface area contributed by atoms with E-state index in [9.17, 15) is 9.59 Å². The number of methoxy groups -OCH3 is 1. The van der Waals surface area contributed by atoms with Gasteiger partial charge in [0.05, 0.1) is 19.0 Å². The van der Waals surface area contributed by atoms with Crippen molar-refractivity contribution in [3.63, 3.8) is 0 Å². The highest BCUT2D eigenvalue weighted by Gasteiger charge is 2.11. The van der Waals surface area contributed by atoms with Crippen molar-refractivity contribution in [1.82, 2.24) is 9.97 Å². The maximum atomic E-state index is 12.3. The van der Waals surface area contributed by atoms with Crippen LogP contribution in [0.5, 0.6) is 11.6 Å². The summed E-state index contributed by atoms with van der Waals surface area (Å²) >= 11 is 5.92. The summed E-state index contributed by atoms with van der Waals surface area (Å²) < 4.78 is 10.5. The molecule has 0 radical (unpaired) electrons. The monoisotopic (exact) mass is 385 g/mol. The molecule has 1 amide bonds. The van der Waals surface area contributed by atoms with E-state index in [0.29, 0.717) is 16.6 Å². The number of carbonyl (C=O) groups is 1. The molecule has 2 N–H and O–H groups in total. The number of nitrogens with one attached hydrogen (secondary N) is 2. The van der Waals surface area contributed by atoms with Crippen LogP contribution in [-0.4, -0.2) is 23.0 Å². The Morgan fingerprint density at radius 2 is 2.11 bits per heavy atom. The summed E-state index contributed by atoms with van der Waals surface area (Å²) in [4.78, 5) is 31.2. The third kappa shape index (κ3) is 4.86. The van der Waals surface area contributed by atoms with Gasteiger partial charge in [-0.1, -0.05) is 23.7 Å². The van der Waals surface area contributed by atoms with E-state index in [1.165, 1.54) is 25.6 Å². The first-order valence-corrected chi connectivity index (χ1v) is 8.34. The van der Waals surface area contributed by atoms with Crippen LogP contribution in [0, 0.1) is 0 Å². The predicted octanol–water partition coefficient (Wildman–Crippen LogP) is 3.26. The van der Waals surface area contributed by atoms with Crippen LogP contribution in [0.1, 0.15) is 16.1 Å². The largest absolute Gasteiger partial charge is 0.483 e. The lowest BCUT2D eigenvalue weighted by Crippen LogP contribution is -2.18. The van der Waals surface area contributed by atoms with Gasteiger partial charge in [-0.25, -0.2) is 4.98 Å². The molecule has 2 aromatic heterocycles. The van der Waals surface area contributed by atoms with Gasteiger partial charge >= 0.3 is 0 Å². The van der Waals surface area contributed by atoms with Gasteiger partial charge < -0.3 is 19.8 Å². The van der Waals surface area contributed by atoms with E-state index in [-0.39, 0.29) is 18.1 Å². The molecule has 1 aromatic carbocycles. The van der Waals surface area contributed by atoms with Crippen molar-refractivity contribution in [2.75, 3.05) is 12.4 Å². The van der Waals surface area contributed by atoms with Crippen molar-refractivity contribution in [3.05, 3.63) is 81.4 Å².